The normalized spacial score (nSPS) is 13.1. The zero-order chi connectivity index (χ0) is 15.0. The number of aromatic nitrogens is 1. The lowest BCUT2D eigenvalue weighted by atomic mass is 10.1. The second-order valence-corrected chi connectivity index (χ2v) is 5.20. The quantitative estimate of drug-likeness (QED) is 0.869. The van der Waals surface area contributed by atoms with E-state index in [1.807, 2.05) is 12.1 Å². The fraction of sp³-hybridized carbons (Fsp3) is 0.133. The third-order valence-corrected chi connectivity index (χ3v) is 3.79. The molecule has 0 bridgehead atoms. The first-order valence-corrected chi connectivity index (χ1v) is 6.73. The lowest BCUT2D eigenvalue weighted by Crippen LogP contribution is -2.31. The molecule has 0 aliphatic carbocycles. The van der Waals surface area contributed by atoms with Gasteiger partial charge in [-0.2, -0.15) is 0 Å². The van der Waals surface area contributed by atoms with Crippen molar-refractivity contribution in [2.24, 2.45) is 0 Å². The topological polar surface area (TPSA) is 70.2 Å². The molecule has 1 aromatic heterocycles. The standard InChI is InChI=1S/C15H11ClN2O3/c16-12-5-1-3-9-7-18(8-11(9)12)15(21)10-4-2-6-13(19)17-14(10)20/h1-6H,7-8H2,(H,17,19,20). The number of hydrogen-bond donors (Lipinski definition) is 1. The van der Waals surface area contributed by atoms with Crippen molar-refractivity contribution in [3.63, 3.8) is 0 Å². The zero-order valence-corrected chi connectivity index (χ0v) is 11.7. The highest BCUT2D eigenvalue weighted by molar-refractivity contribution is 6.31. The second-order valence-electron chi connectivity index (χ2n) is 4.80. The number of halogens is 1. The Morgan fingerprint density at radius 3 is 2.62 bits per heavy atom. The van der Waals surface area contributed by atoms with Gasteiger partial charge in [0.15, 0.2) is 0 Å². The van der Waals surface area contributed by atoms with E-state index in [0.29, 0.717) is 18.1 Å². The number of amides is 1. The van der Waals surface area contributed by atoms with Gasteiger partial charge in [-0.05, 0) is 23.3 Å². The summed E-state index contributed by atoms with van der Waals surface area (Å²) < 4.78 is 0. The fourth-order valence-electron chi connectivity index (χ4n) is 2.39. The molecule has 0 saturated heterocycles. The summed E-state index contributed by atoms with van der Waals surface area (Å²) in [7, 11) is 0. The summed E-state index contributed by atoms with van der Waals surface area (Å²) in [6.45, 7) is 0.757. The maximum absolute atomic E-state index is 12.5. The van der Waals surface area contributed by atoms with Crippen LogP contribution in [0.2, 0.25) is 5.02 Å². The van der Waals surface area contributed by atoms with Crippen molar-refractivity contribution in [1.29, 1.82) is 0 Å². The Kier molecular flexibility index (Phi) is 3.35. The lowest BCUT2D eigenvalue weighted by Gasteiger charge is -2.14. The summed E-state index contributed by atoms with van der Waals surface area (Å²) in [6.07, 6.45) is 0. The van der Waals surface area contributed by atoms with E-state index in [1.165, 1.54) is 23.1 Å². The van der Waals surface area contributed by atoms with Gasteiger partial charge in [0.2, 0.25) is 0 Å². The van der Waals surface area contributed by atoms with Crippen LogP contribution < -0.4 is 11.1 Å². The molecule has 21 heavy (non-hydrogen) atoms. The van der Waals surface area contributed by atoms with E-state index in [0.717, 1.165) is 11.1 Å². The zero-order valence-electron chi connectivity index (χ0n) is 10.9. The van der Waals surface area contributed by atoms with Crippen LogP contribution in [-0.4, -0.2) is 15.8 Å². The molecule has 1 amide bonds. The number of nitrogens with zero attached hydrogens (tertiary/aromatic N) is 1. The van der Waals surface area contributed by atoms with Crippen LogP contribution in [-0.2, 0) is 13.1 Å². The van der Waals surface area contributed by atoms with Gasteiger partial charge in [-0.25, -0.2) is 0 Å². The van der Waals surface area contributed by atoms with Gasteiger partial charge in [-0.3, -0.25) is 19.4 Å². The summed E-state index contributed by atoms with van der Waals surface area (Å²) in [5.74, 6) is -0.417. The highest BCUT2D eigenvalue weighted by atomic mass is 35.5. The Morgan fingerprint density at radius 1 is 1.10 bits per heavy atom. The third-order valence-electron chi connectivity index (χ3n) is 3.44. The average Bonchev–Trinajstić information content (AvgIpc) is 2.81. The molecule has 0 fully saturated rings. The van der Waals surface area contributed by atoms with Crippen molar-refractivity contribution in [3.05, 3.63) is 78.8 Å². The van der Waals surface area contributed by atoms with Crippen LogP contribution >= 0.6 is 11.6 Å². The number of hydrogen-bond acceptors (Lipinski definition) is 3. The number of nitrogens with one attached hydrogen (secondary N) is 1. The number of carbonyl (C=O) groups excluding carboxylic acids is 1. The molecular weight excluding hydrogens is 292 g/mol. The molecule has 1 aromatic carbocycles. The Hall–Kier alpha value is -2.40. The van der Waals surface area contributed by atoms with Crippen LogP contribution in [0.5, 0.6) is 0 Å². The van der Waals surface area contributed by atoms with Gasteiger partial charge in [0.25, 0.3) is 17.0 Å². The van der Waals surface area contributed by atoms with Crippen molar-refractivity contribution < 1.29 is 4.79 Å². The van der Waals surface area contributed by atoms with E-state index in [2.05, 4.69) is 4.98 Å². The minimum absolute atomic E-state index is 0.0546. The van der Waals surface area contributed by atoms with Gasteiger partial charge in [-0.15, -0.1) is 0 Å². The minimum Gasteiger partial charge on any atom is -0.330 e. The molecule has 5 nitrogen and oxygen atoms in total. The molecule has 6 heteroatoms. The van der Waals surface area contributed by atoms with Gasteiger partial charge in [0, 0.05) is 24.2 Å². The van der Waals surface area contributed by atoms with Crippen LogP contribution in [0.3, 0.4) is 0 Å². The van der Waals surface area contributed by atoms with E-state index in [4.69, 9.17) is 11.6 Å². The van der Waals surface area contributed by atoms with Crippen LogP contribution in [0.1, 0.15) is 21.5 Å². The van der Waals surface area contributed by atoms with Crippen molar-refractivity contribution in [2.45, 2.75) is 13.1 Å². The van der Waals surface area contributed by atoms with E-state index in [1.54, 1.807) is 6.07 Å². The molecule has 0 radical (unpaired) electrons. The highest BCUT2D eigenvalue weighted by Gasteiger charge is 2.26. The minimum atomic E-state index is -0.683. The molecule has 2 heterocycles. The maximum Gasteiger partial charge on any atom is 0.263 e. The van der Waals surface area contributed by atoms with Gasteiger partial charge < -0.3 is 4.90 Å². The Labute approximate surface area is 124 Å². The summed E-state index contributed by atoms with van der Waals surface area (Å²) in [4.78, 5) is 39.2. The predicted molar refractivity (Wildman–Crippen MR) is 78.4 cm³/mol. The first kappa shape index (κ1) is 13.6. The smallest absolute Gasteiger partial charge is 0.263 e. The van der Waals surface area contributed by atoms with E-state index < -0.39 is 17.0 Å². The van der Waals surface area contributed by atoms with Crippen LogP contribution in [0.25, 0.3) is 0 Å². The molecule has 106 valence electrons. The summed E-state index contributed by atoms with van der Waals surface area (Å²) >= 11 is 6.11. The van der Waals surface area contributed by atoms with E-state index in [-0.39, 0.29) is 5.56 Å². The molecule has 1 aliphatic heterocycles. The SMILES string of the molecule is O=C(c1cccc(=O)[nH]c1=O)N1Cc2cccc(Cl)c2C1. The van der Waals surface area contributed by atoms with Crippen LogP contribution in [0, 0.1) is 0 Å². The number of aromatic amines is 1. The van der Waals surface area contributed by atoms with Crippen LogP contribution in [0.15, 0.2) is 46.0 Å². The largest absolute Gasteiger partial charge is 0.330 e. The van der Waals surface area contributed by atoms with Crippen molar-refractivity contribution in [1.82, 2.24) is 9.88 Å². The summed E-state index contributed by atoms with van der Waals surface area (Å²) in [5.41, 5.74) is 0.593. The predicted octanol–water partition coefficient (Wildman–Crippen LogP) is 1.54. The van der Waals surface area contributed by atoms with Crippen molar-refractivity contribution >= 4 is 17.5 Å². The third kappa shape index (κ3) is 2.48. The number of rotatable bonds is 1. The molecule has 1 N–H and O–H groups in total. The highest BCUT2D eigenvalue weighted by Crippen LogP contribution is 2.29. The Morgan fingerprint density at radius 2 is 1.86 bits per heavy atom. The van der Waals surface area contributed by atoms with Gasteiger partial charge in [0.05, 0.1) is 0 Å². The molecular formula is C15H11ClN2O3. The Balaban J connectivity index is 1.96. The lowest BCUT2D eigenvalue weighted by molar-refractivity contribution is 0.0750. The molecule has 0 saturated carbocycles. The molecule has 1 aliphatic rings. The molecule has 0 spiro atoms. The first-order valence-electron chi connectivity index (χ1n) is 6.35. The molecule has 2 aromatic rings. The van der Waals surface area contributed by atoms with Gasteiger partial charge in [-0.1, -0.05) is 29.8 Å². The Bertz CT molecular complexity index is 845. The number of fused-ring (bicyclic) bond motifs is 1. The molecule has 0 atom stereocenters. The average molecular weight is 303 g/mol. The summed E-state index contributed by atoms with van der Waals surface area (Å²) in [5, 5.41) is 0.608. The van der Waals surface area contributed by atoms with Crippen LogP contribution in [0.4, 0.5) is 0 Å². The molecule has 0 unspecified atom stereocenters. The van der Waals surface area contributed by atoms with Crippen molar-refractivity contribution in [2.75, 3.05) is 0 Å². The van der Waals surface area contributed by atoms with E-state index in [9.17, 15) is 14.4 Å². The fourth-order valence-corrected chi connectivity index (χ4v) is 2.65. The van der Waals surface area contributed by atoms with E-state index >= 15 is 0 Å². The second kappa shape index (κ2) is 5.18. The monoisotopic (exact) mass is 302 g/mol. The number of H-pyrrole nitrogens is 1. The van der Waals surface area contributed by atoms with Gasteiger partial charge in [0.1, 0.15) is 5.56 Å². The van der Waals surface area contributed by atoms with Gasteiger partial charge >= 0.3 is 0 Å². The van der Waals surface area contributed by atoms with Crippen molar-refractivity contribution in [3.8, 4) is 0 Å². The number of benzene rings is 1. The molecule has 3 rings (SSSR count). The maximum atomic E-state index is 12.5. The number of carbonyl (C=O) groups is 1. The summed E-state index contributed by atoms with van der Waals surface area (Å²) in [6, 6.07) is 9.45. The first-order chi connectivity index (χ1) is 10.1.